The van der Waals surface area contributed by atoms with Crippen molar-refractivity contribution in [3.8, 4) is 11.5 Å². The molecule has 1 amide bonds. The molecule has 0 saturated heterocycles. The van der Waals surface area contributed by atoms with Crippen molar-refractivity contribution in [2.24, 2.45) is 0 Å². The van der Waals surface area contributed by atoms with Gasteiger partial charge in [0.25, 0.3) is 17.3 Å². The number of nitro groups is 2. The van der Waals surface area contributed by atoms with E-state index in [0.29, 0.717) is 26.0 Å². The van der Waals surface area contributed by atoms with Crippen molar-refractivity contribution in [3.63, 3.8) is 0 Å². The molecule has 0 aliphatic heterocycles. The van der Waals surface area contributed by atoms with Crippen molar-refractivity contribution in [2.45, 2.75) is 6.54 Å². The maximum Gasteiger partial charge on any atom is 0.342 e. The summed E-state index contributed by atoms with van der Waals surface area (Å²) in [6.07, 6.45) is 0. The van der Waals surface area contributed by atoms with Gasteiger partial charge < -0.3 is 19.9 Å². The third-order valence-electron chi connectivity index (χ3n) is 4.74. The number of carboxylic acids is 1. The maximum absolute atomic E-state index is 12.3. The van der Waals surface area contributed by atoms with Crippen LogP contribution < -0.4 is 14.8 Å². The van der Waals surface area contributed by atoms with E-state index in [1.165, 1.54) is 38.5 Å². The van der Waals surface area contributed by atoms with E-state index in [2.05, 4.69) is 37.2 Å². The molecule has 3 aromatic carbocycles. The second kappa shape index (κ2) is 13.3. The SMILES string of the molecule is COc1cccc(OC)c1CNC(=O)c1ccc(Br)cc1[N+](=O)[O-].O=C(O)c1ccc(Br)cc1[N+](=O)[O-]. The van der Waals surface area contributed by atoms with E-state index in [0.717, 1.165) is 6.07 Å². The number of nitro benzene ring substituents is 2. The van der Waals surface area contributed by atoms with Crippen LogP contribution in [0.1, 0.15) is 26.3 Å². The predicted molar refractivity (Wildman–Crippen MR) is 139 cm³/mol. The van der Waals surface area contributed by atoms with Crippen LogP contribution in [0.5, 0.6) is 11.5 Å². The first-order valence-electron chi connectivity index (χ1n) is 10.1. The third-order valence-corrected chi connectivity index (χ3v) is 5.73. The molecule has 0 unspecified atom stereocenters. The van der Waals surface area contributed by atoms with Gasteiger partial charge in [0.15, 0.2) is 0 Å². The van der Waals surface area contributed by atoms with Gasteiger partial charge in [-0.15, -0.1) is 0 Å². The number of hydrogen-bond donors (Lipinski definition) is 2. The second-order valence-electron chi connectivity index (χ2n) is 6.97. The molecule has 0 aliphatic carbocycles. The molecule has 14 heteroatoms. The number of nitrogens with zero attached hydrogens (tertiary/aromatic N) is 2. The van der Waals surface area contributed by atoms with Crippen LogP contribution in [-0.4, -0.2) is 41.0 Å². The van der Waals surface area contributed by atoms with Crippen LogP contribution in [0.4, 0.5) is 11.4 Å². The van der Waals surface area contributed by atoms with Crippen molar-refractivity contribution in [3.05, 3.63) is 100 Å². The van der Waals surface area contributed by atoms with Crippen LogP contribution in [-0.2, 0) is 6.54 Å². The molecule has 3 rings (SSSR count). The minimum absolute atomic E-state index is 0.0166. The van der Waals surface area contributed by atoms with E-state index in [9.17, 15) is 29.8 Å². The molecular weight excluding hydrogens is 622 g/mol. The van der Waals surface area contributed by atoms with Crippen molar-refractivity contribution < 1.29 is 34.0 Å². The topological polar surface area (TPSA) is 171 Å². The quantitative estimate of drug-likeness (QED) is 0.243. The molecule has 12 nitrogen and oxygen atoms in total. The van der Waals surface area contributed by atoms with Crippen molar-refractivity contribution in [1.82, 2.24) is 5.32 Å². The number of methoxy groups -OCH3 is 2. The lowest BCUT2D eigenvalue weighted by Crippen LogP contribution is -2.24. The van der Waals surface area contributed by atoms with Gasteiger partial charge in [-0.1, -0.05) is 37.9 Å². The standard InChI is InChI=1S/C16H15BrN2O5.C7H4BrNO4/c1-23-14-4-3-5-15(24-2)12(14)9-18-16(20)11-7-6-10(17)8-13(11)19(21)22;8-4-1-2-5(7(10)11)6(3-4)9(12)13/h3-8H,9H2,1-2H3,(H,18,20);1-3H,(H,10,11). The van der Waals surface area contributed by atoms with Crippen LogP contribution in [0.15, 0.2) is 63.5 Å². The van der Waals surface area contributed by atoms with Gasteiger partial charge in [-0.3, -0.25) is 25.0 Å². The Bertz CT molecular complexity index is 1330. The molecule has 0 heterocycles. The lowest BCUT2D eigenvalue weighted by molar-refractivity contribution is -0.385. The first-order chi connectivity index (χ1) is 17.5. The van der Waals surface area contributed by atoms with Crippen molar-refractivity contribution in [2.75, 3.05) is 14.2 Å². The zero-order valence-corrected chi connectivity index (χ0v) is 22.4. The van der Waals surface area contributed by atoms with Crippen LogP contribution in [0.3, 0.4) is 0 Å². The fraction of sp³-hybridized carbons (Fsp3) is 0.130. The molecule has 2 N–H and O–H groups in total. The molecule has 37 heavy (non-hydrogen) atoms. The normalized spacial score (nSPS) is 9.95. The summed E-state index contributed by atoms with van der Waals surface area (Å²) in [7, 11) is 3.03. The zero-order chi connectivity index (χ0) is 27.7. The first-order valence-corrected chi connectivity index (χ1v) is 11.7. The number of ether oxygens (including phenoxy) is 2. The number of halogens is 2. The number of carbonyl (C=O) groups is 2. The summed E-state index contributed by atoms with van der Waals surface area (Å²) in [5, 5.41) is 32.8. The van der Waals surface area contributed by atoms with Crippen LogP contribution in [0.2, 0.25) is 0 Å². The number of amides is 1. The molecule has 3 aromatic rings. The van der Waals surface area contributed by atoms with Gasteiger partial charge in [-0.05, 0) is 36.4 Å². The monoisotopic (exact) mass is 639 g/mol. The van der Waals surface area contributed by atoms with Crippen LogP contribution in [0.25, 0.3) is 0 Å². The van der Waals surface area contributed by atoms with Crippen molar-refractivity contribution in [1.29, 1.82) is 0 Å². The molecule has 0 atom stereocenters. The van der Waals surface area contributed by atoms with Gasteiger partial charge in [0.05, 0.1) is 36.2 Å². The van der Waals surface area contributed by atoms with Gasteiger partial charge in [0.2, 0.25) is 0 Å². The third kappa shape index (κ3) is 7.72. The molecule has 0 bridgehead atoms. The summed E-state index contributed by atoms with van der Waals surface area (Å²) < 4.78 is 11.5. The minimum Gasteiger partial charge on any atom is -0.496 e. The summed E-state index contributed by atoms with van der Waals surface area (Å²) in [5.41, 5.74) is -0.364. The highest BCUT2D eigenvalue weighted by Crippen LogP contribution is 2.29. The number of rotatable bonds is 8. The van der Waals surface area contributed by atoms with E-state index in [1.807, 2.05) is 0 Å². The summed E-state index contributed by atoms with van der Waals surface area (Å²) in [6, 6.07) is 13.3. The average molecular weight is 641 g/mol. The van der Waals surface area contributed by atoms with E-state index in [-0.39, 0.29) is 23.4 Å². The van der Waals surface area contributed by atoms with Gasteiger partial charge >= 0.3 is 5.97 Å². The Morgan fingerprint density at radius 3 is 1.76 bits per heavy atom. The Labute approximate surface area is 226 Å². The summed E-state index contributed by atoms with van der Waals surface area (Å²) in [5.74, 6) is -0.749. The molecule has 0 spiro atoms. The lowest BCUT2D eigenvalue weighted by atomic mass is 10.1. The smallest absolute Gasteiger partial charge is 0.342 e. The predicted octanol–water partition coefficient (Wildman–Crippen LogP) is 5.36. The molecule has 194 valence electrons. The number of carboxylic acid groups (broad SMARTS) is 1. The van der Waals surface area contributed by atoms with E-state index >= 15 is 0 Å². The molecule has 0 fully saturated rings. The molecular formula is C23H19Br2N3O9. The van der Waals surface area contributed by atoms with Gasteiger partial charge in [-0.2, -0.15) is 0 Å². The highest BCUT2D eigenvalue weighted by atomic mass is 79.9. The Kier molecular flexibility index (Phi) is 10.5. The number of nitrogens with one attached hydrogen (secondary N) is 1. The first kappa shape index (κ1) is 29.2. The Morgan fingerprint density at radius 2 is 1.32 bits per heavy atom. The molecule has 0 aromatic heterocycles. The van der Waals surface area contributed by atoms with E-state index in [1.54, 1.807) is 24.3 Å². The van der Waals surface area contributed by atoms with Crippen LogP contribution in [0, 0.1) is 20.2 Å². The zero-order valence-electron chi connectivity index (χ0n) is 19.3. The molecule has 0 aliphatic rings. The number of hydrogen-bond acceptors (Lipinski definition) is 8. The minimum atomic E-state index is -1.31. The van der Waals surface area contributed by atoms with E-state index in [4.69, 9.17) is 14.6 Å². The molecule has 0 saturated carbocycles. The largest absolute Gasteiger partial charge is 0.496 e. The summed E-state index contributed by atoms with van der Waals surface area (Å²) >= 11 is 6.17. The fourth-order valence-corrected chi connectivity index (χ4v) is 3.75. The van der Waals surface area contributed by atoms with Crippen LogP contribution >= 0.6 is 31.9 Å². The second-order valence-corrected chi connectivity index (χ2v) is 8.80. The Balaban J connectivity index is 0.000000312. The average Bonchev–Trinajstić information content (AvgIpc) is 2.86. The maximum atomic E-state index is 12.3. The highest BCUT2D eigenvalue weighted by molar-refractivity contribution is 9.10. The van der Waals surface area contributed by atoms with Gasteiger partial charge in [0, 0.05) is 21.1 Å². The van der Waals surface area contributed by atoms with Crippen molar-refractivity contribution >= 4 is 55.1 Å². The lowest BCUT2D eigenvalue weighted by Gasteiger charge is -2.13. The van der Waals surface area contributed by atoms with Gasteiger partial charge in [-0.25, -0.2) is 4.79 Å². The number of carbonyl (C=O) groups excluding carboxylic acids is 1. The highest BCUT2D eigenvalue weighted by Gasteiger charge is 2.21. The summed E-state index contributed by atoms with van der Waals surface area (Å²) in [4.78, 5) is 43.1. The Morgan fingerprint density at radius 1 is 0.865 bits per heavy atom. The fourth-order valence-electron chi connectivity index (χ4n) is 3.05. The number of benzene rings is 3. The Hall–Kier alpha value is -4.04. The van der Waals surface area contributed by atoms with Gasteiger partial charge in [0.1, 0.15) is 22.6 Å². The molecule has 0 radical (unpaired) electrons. The van der Waals surface area contributed by atoms with E-state index < -0.39 is 27.4 Å². The number of aromatic carboxylic acids is 1. The summed E-state index contributed by atoms with van der Waals surface area (Å²) in [6.45, 7) is 0.110.